The molecule has 0 aliphatic carbocycles. The predicted octanol–water partition coefficient (Wildman–Crippen LogP) is 4.25. The third-order valence-electron chi connectivity index (χ3n) is 6.53. The summed E-state index contributed by atoms with van der Waals surface area (Å²) >= 11 is 12.7. The molecule has 0 amide bonds. The molecule has 6 rings (SSSR count). The number of aromatic nitrogens is 8. The van der Waals surface area contributed by atoms with E-state index in [1.165, 1.54) is 29.2 Å². The molecule has 0 bridgehead atoms. The number of halogens is 3. The van der Waals surface area contributed by atoms with Crippen LogP contribution in [-0.2, 0) is 6.42 Å². The van der Waals surface area contributed by atoms with Gasteiger partial charge in [0.1, 0.15) is 34.9 Å². The number of nitrogens with one attached hydrogen (secondary N) is 1. The van der Waals surface area contributed by atoms with E-state index in [9.17, 15) is 9.18 Å². The number of allylic oxidation sites excluding steroid dienone is 1. The molecule has 1 aliphatic rings. The lowest BCUT2D eigenvalue weighted by atomic mass is 9.98. The summed E-state index contributed by atoms with van der Waals surface area (Å²) in [6, 6.07) is 11.1. The molecule has 13 heteroatoms. The zero-order valence-corrected chi connectivity index (χ0v) is 21.0. The van der Waals surface area contributed by atoms with Gasteiger partial charge in [-0.1, -0.05) is 29.3 Å². The molecule has 2 atom stereocenters. The Morgan fingerprint density at radius 3 is 2.71 bits per heavy atom. The van der Waals surface area contributed by atoms with E-state index in [-0.39, 0.29) is 33.7 Å². The number of fused-ring (bicyclic) bond motifs is 1. The summed E-state index contributed by atoms with van der Waals surface area (Å²) in [6.07, 6.45) is 3.75. The van der Waals surface area contributed by atoms with Crippen LogP contribution in [0.15, 0.2) is 66.2 Å². The summed E-state index contributed by atoms with van der Waals surface area (Å²) in [6.45, 7) is 3.97. The van der Waals surface area contributed by atoms with Crippen LogP contribution in [0.4, 0.5) is 10.2 Å². The summed E-state index contributed by atoms with van der Waals surface area (Å²) in [7, 11) is 0. The fraction of sp³-hybridized carbons (Fsp3) is 0.120. The first kappa shape index (κ1) is 24.0. The maximum absolute atomic E-state index is 14.5. The van der Waals surface area contributed by atoms with Crippen LogP contribution in [-0.4, -0.2) is 39.7 Å². The Morgan fingerprint density at radius 1 is 1.13 bits per heavy atom. The lowest BCUT2D eigenvalue weighted by Gasteiger charge is -2.17. The Labute approximate surface area is 224 Å². The molecule has 4 aromatic heterocycles. The van der Waals surface area contributed by atoms with Gasteiger partial charge < -0.3 is 15.3 Å². The van der Waals surface area contributed by atoms with Crippen LogP contribution in [0.5, 0.6) is 0 Å². The minimum absolute atomic E-state index is 0.0415. The van der Waals surface area contributed by atoms with Gasteiger partial charge in [-0.3, -0.25) is 4.79 Å². The van der Waals surface area contributed by atoms with Gasteiger partial charge in [0.05, 0.1) is 11.3 Å². The van der Waals surface area contributed by atoms with Crippen LogP contribution in [0.1, 0.15) is 17.6 Å². The maximum atomic E-state index is 14.5. The zero-order valence-electron chi connectivity index (χ0n) is 19.5. The number of pyridine rings is 2. The van der Waals surface area contributed by atoms with Crippen LogP contribution < -0.4 is 11.3 Å². The van der Waals surface area contributed by atoms with Crippen molar-refractivity contribution in [2.45, 2.75) is 12.5 Å². The Balaban J connectivity index is 1.46. The lowest BCUT2D eigenvalue weighted by molar-refractivity contribution is 0.488. The number of tetrazole rings is 1. The maximum Gasteiger partial charge on any atom is 0.252 e. The van der Waals surface area contributed by atoms with Gasteiger partial charge in [0, 0.05) is 28.3 Å². The molecule has 38 heavy (non-hydrogen) atoms. The highest BCUT2D eigenvalue weighted by Gasteiger charge is 2.36. The standard InChI is InChI=1S/C25H18Cl2FN9O/c1-2-12-7-15-8-13(17-10-14(26)3-5-18(17)36-11-30-34-35-36)9-20(38)37(15)22(12)25-32-21(23(27)33-25)16-4-6-19(29)31-24(16)28/h2-6,8-12,22H,1,7H2,(H2,29,31)(H,32,33)/t12-,22-/m0/s1. The lowest BCUT2D eigenvalue weighted by Crippen LogP contribution is -2.26. The molecule has 0 saturated carbocycles. The van der Waals surface area contributed by atoms with Crippen molar-refractivity contribution in [1.82, 2.24) is 39.7 Å². The highest BCUT2D eigenvalue weighted by Crippen LogP contribution is 2.39. The van der Waals surface area contributed by atoms with Crippen LogP contribution in [0.3, 0.4) is 0 Å². The van der Waals surface area contributed by atoms with Crippen molar-refractivity contribution in [3.63, 3.8) is 0 Å². The minimum Gasteiger partial charge on any atom is -0.384 e. The summed E-state index contributed by atoms with van der Waals surface area (Å²) in [5, 5.41) is 12.0. The molecule has 190 valence electrons. The molecule has 1 aromatic carbocycles. The van der Waals surface area contributed by atoms with E-state index >= 15 is 0 Å². The number of benzene rings is 1. The highest BCUT2D eigenvalue weighted by atomic mass is 35.5. The number of aromatic amines is 1. The second-order valence-electron chi connectivity index (χ2n) is 8.77. The topological polar surface area (TPSA) is 133 Å². The van der Waals surface area contributed by atoms with Crippen molar-refractivity contribution in [3.05, 3.63) is 99.4 Å². The third kappa shape index (κ3) is 3.96. The molecular formula is C25H18Cl2FN9O. The number of hydrogen-bond acceptors (Lipinski definition) is 7. The van der Waals surface area contributed by atoms with Crippen LogP contribution in [0.25, 0.3) is 28.1 Å². The van der Waals surface area contributed by atoms with Crippen LogP contribution in [0, 0.1) is 11.9 Å². The van der Waals surface area contributed by atoms with Crippen molar-refractivity contribution in [2.24, 2.45) is 5.92 Å². The summed E-state index contributed by atoms with van der Waals surface area (Å²) in [4.78, 5) is 24.8. The van der Waals surface area contributed by atoms with Gasteiger partial charge in [-0.15, -0.1) is 11.7 Å². The fourth-order valence-corrected chi connectivity index (χ4v) is 5.28. The number of H-pyrrole nitrogens is 1. The van der Waals surface area contributed by atoms with Crippen molar-refractivity contribution >= 4 is 29.0 Å². The smallest absolute Gasteiger partial charge is 0.252 e. The van der Waals surface area contributed by atoms with Gasteiger partial charge in [0.2, 0.25) is 5.95 Å². The average Bonchev–Trinajstić information content (AvgIpc) is 3.63. The molecule has 1 aliphatic heterocycles. The van der Waals surface area contributed by atoms with E-state index in [1.807, 2.05) is 6.07 Å². The second-order valence-corrected chi connectivity index (χ2v) is 9.58. The first-order valence-electron chi connectivity index (χ1n) is 11.4. The van der Waals surface area contributed by atoms with E-state index in [0.29, 0.717) is 34.1 Å². The summed E-state index contributed by atoms with van der Waals surface area (Å²) in [5.41, 5.74) is 8.37. The van der Waals surface area contributed by atoms with Gasteiger partial charge in [-0.05, 0) is 58.8 Å². The monoisotopic (exact) mass is 549 g/mol. The summed E-state index contributed by atoms with van der Waals surface area (Å²) < 4.78 is 17.7. The highest BCUT2D eigenvalue weighted by molar-refractivity contribution is 6.32. The van der Waals surface area contributed by atoms with E-state index in [0.717, 1.165) is 5.69 Å². The Bertz CT molecular complexity index is 1760. The van der Waals surface area contributed by atoms with Gasteiger partial charge in [0.25, 0.3) is 5.56 Å². The molecule has 0 unspecified atom stereocenters. The van der Waals surface area contributed by atoms with Gasteiger partial charge in [-0.25, -0.2) is 9.97 Å². The minimum atomic E-state index is -0.793. The number of hydrogen-bond donors (Lipinski definition) is 2. The van der Waals surface area contributed by atoms with E-state index in [2.05, 4.69) is 37.1 Å². The Morgan fingerprint density at radius 2 is 1.97 bits per heavy atom. The van der Waals surface area contributed by atoms with Crippen molar-refractivity contribution in [3.8, 4) is 28.1 Å². The normalized spacial score (nSPS) is 16.5. The molecule has 0 saturated heterocycles. The third-order valence-corrected chi connectivity index (χ3v) is 7.04. The van der Waals surface area contributed by atoms with Gasteiger partial charge in [-0.2, -0.15) is 9.07 Å². The number of anilines is 1. The molecule has 0 fully saturated rings. The van der Waals surface area contributed by atoms with Crippen LogP contribution >= 0.6 is 23.2 Å². The number of rotatable bonds is 5. The first-order valence-corrected chi connectivity index (χ1v) is 12.2. The average molecular weight is 550 g/mol. The fourth-order valence-electron chi connectivity index (χ4n) is 4.87. The van der Waals surface area contributed by atoms with E-state index in [4.69, 9.17) is 28.9 Å². The largest absolute Gasteiger partial charge is 0.384 e. The quantitative estimate of drug-likeness (QED) is 0.247. The Hall–Kier alpha value is -4.35. The van der Waals surface area contributed by atoms with Crippen LogP contribution in [0.2, 0.25) is 10.2 Å². The molecule has 5 heterocycles. The van der Waals surface area contributed by atoms with Crippen molar-refractivity contribution in [2.75, 3.05) is 5.73 Å². The molecule has 0 radical (unpaired) electrons. The predicted molar refractivity (Wildman–Crippen MR) is 141 cm³/mol. The first-order chi connectivity index (χ1) is 18.3. The molecule has 0 spiro atoms. The number of imidazole rings is 1. The molecule has 3 N–H and O–H groups in total. The molecular weight excluding hydrogens is 532 g/mol. The van der Waals surface area contributed by atoms with Gasteiger partial charge >= 0.3 is 0 Å². The number of nitrogens with zero attached hydrogens (tertiary/aromatic N) is 7. The van der Waals surface area contributed by atoms with E-state index < -0.39 is 12.0 Å². The summed E-state index contributed by atoms with van der Waals surface area (Å²) in [5.74, 6) is -0.531. The second kappa shape index (κ2) is 9.19. The molecule has 5 aromatic rings. The number of nitrogens with two attached hydrogens (primary N) is 1. The van der Waals surface area contributed by atoms with Crippen molar-refractivity contribution < 1.29 is 4.39 Å². The van der Waals surface area contributed by atoms with Gasteiger partial charge in [0.15, 0.2) is 0 Å². The SMILES string of the molecule is C=C[C@H]1Cc2cc(-c3cc(Cl)ccc3-n3cnnn3)cc(=O)n2[C@@H]1c1nc(-c2ccc(N)nc2F)c(Cl)[nH]1. The number of nitrogen functional groups attached to an aromatic ring is 1. The molecule has 10 nitrogen and oxygen atoms in total. The zero-order chi connectivity index (χ0) is 26.6. The van der Waals surface area contributed by atoms with Crippen molar-refractivity contribution in [1.29, 1.82) is 0 Å². The van der Waals surface area contributed by atoms with E-state index in [1.54, 1.807) is 28.8 Å². The Kier molecular flexibility index (Phi) is 5.81.